The number of alkyl halides is 5. The van der Waals surface area contributed by atoms with Gasteiger partial charge < -0.3 is 20.7 Å². The molecule has 3 N–H and O–H groups in total. The average Bonchev–Trinajstić information content (AvgIpc) is 2.83. The molecule has 4 rings (SSSR count). The highest BCUT2D eigenvalue weighted by atomic mass is 19.4. The fourth-order valence-electron chi connectivity index (χ4n) is 4.66. The minimum absolute atomic E-state index is 0. The van der Waals surface area contributed by atoms with Gasteiger partial charge in [-0.25, -0.2) is 23.1 Å². The third-order valence-electron chi connectivity index (χ3n) is 6.58. The Hall–Kier alpha value is -3.20. The van der Waals surface area contributed by atoms with Gasteiger partial charge in [-0.05, 0) is 25.1 Å². The van der Waals surface area contributed by atoms with Crippen molar-refractivity contribution >= 4 is 17.5 Å². The molecule has 0 radical (unpaired) electrons. The molecule has 2 fully saturated rings. The van der Waals surface area contributed by atoms with Crippen molar-refractivity contribution in [1.82, 2.24) is 14.9 Å². The summed E-state index contributed by atoms with van der Waals surface area (Å²) in [6.45, 7) is -1.09. The van der Waals surface area contributed by atoms with E-state index in [-0.39, 0.29) is 70.4 Å². The quantitative estimate of drug-likeness (QED) is 0.492. The molecule has 0 spiro atoms. The van der Waals surface area contributed by atoms with Crippen LogP contribution in [0.3, 0.4) is 0 Å². The first-order valence-corrected chi connectivity index (χ1v) is 11.7. The summed E-state index contributed by atoms with van der Waals surface area (Å²) < 4.78 is 104. The molecule has 2 aromatic rings. The monoisotopic (exact) mass is 566 g/mol. The van der Waals surface area contributed by atoms with Crippen molar-refractivity contribution in [1.29, 1.82) is 0 Å². The fraction of sp³-hybridized carbons (Fsp3) is 0.542. The second-order valence-corrected chi connectivity index (χ2v) is 9.18. The number of halogens is 7. The molecule has 2 atom stereocenters. The number of likely N-dealkylation sites (tertiary alicyclic amines) is 1. The lowest BCUT2D eigenvalue weighted by Crippen LogP contribution is -2.52. The van der Waals surface area contributed by atoms with Gasteiger partial charge in [-0.15, -0.1) is 0 Å². The van der Waals surface area contributed by atoms with E-state index in [1.165, 1.54) is 9.80 Å². The molecule has 216 valence electrons. The van der Waals surface area contributed by atoms with Crippen molar-refractivity contribution in [3.63, 3.8) is 0 Å². The van der Waals surface area contributed by atoms with Gasteiger partial charge in [0.25, 0.3) is 5.92 Å². The van der Waals surface area contributed by atoms with Crippen LogP contribution >= 0.6 is 0 Å². The Kier molecular flexibility index (Phi) is 9.26. The number of nitrogens with two attached hydrogens (primary N) is 1. The minimum atomic E-state index is -4.74. The molecule has 0 aliphatic carbocycles. The number of amides is 1. The number of nitrogens with zero attached hydrogens (tertiary/aromatic N) is 4. The van der Waals surface area contributed by atoms with Crippen LogP contribution in [0.2, 0.25) is 0 Å². The van der Waals surface area contributed by atoms with E-state index in [4.69, 9.17) is 10.5 Å². The topological polar surface area (TPSA) is 96.6 Å². The molecule has 2 saturated heterocycles. The number of rotatable bonds is 7. The number of morpholine rings is 1. The number of aromatic nitrogens is 2. The Bertz CT molecular complexity index is 1170. The zero-order valence-electron chi connectivity index (χ0n) is 19.9. The van der Waals surface area contributed by atoms with Crippen LogP contribution in [0.4, 0.5) is 42.4 Å². The average molecular weight is 567 g/mol. The van der Waals surface area contributed by atoms with Crippen LogP contribution in [0.5, 0.6) is 0 Å². The number of primary amides is 1. The van der Waals surface area contributed by atoms with Crippen LogP contribution in [-0.4, -0.2) is 72.6 Å². The van der Waals surface area contributed by atoms with Gasteiger partial charge in [0.15, 0.2) is 11.6 Å². The summed E-state index contributed by atoms with van der Waals surface area (Å²) in [5, 5.41) is 2.59. The SMILES string of the molecule is C.NC(=O)CN1CC[C@@H](CNc2ncnc(N3CCOC[C@@H]3c3ccc(C(F)(F)F)cc3F)c2F)C(F)(F)C1. The van der Waals surface area contributed by atoms with Gasteiger partial charge >= 0.3 is 6.18 Å². The molecule has 39 heavy (non-hydrogen) atoms. The summed E-state index contributed by atoms with van der Waals surface area (Å²) in [6.07, 6.45) is -3.72. The van der Waals surface area contributed by atoms with Crippen LogP contribution in [-0.2, 0) is 15.7 Å². The van der Waals surface area contributed by atoms with Gasteiger partial charge in [0, 0.05) is 24.6 Å². The van der Waals surface area contributed by atoms with E-state index >= 15 is 4.39 Å². The first-order chi connectivity index (χ1) is 17.9. The Morgan fingerprint density at radius 1 is 1.21 bits per heavy atom. The predicted octanol–water partition coefficient (Wildman–Crippen LogP) is 3.84. The van der Waals surface area contributed by atoms with E-state index in [0.717, 1.165) is 18.5 Å². The van der Waals surface area contributed by atoms with Gasteiger partial charge in [-0.1, -0.05) is 13.5 Å². The van der Waals surface area contributed by atoms with E-state index < -0.39 is 53.7 Å². The number of carbonyl (C=O) groups is 1. The number of hydrogen-bond donors (Lipinski definition) is 2. The highest BCUT2D eigenvalue weighted by Gasteiger charge is 2.44. The third-order valence-corrected chi connectivity index (χ3v) is 6.58. The molecule has 0 bridgehead atoms. The Labute approximate surface area is 220 Å². The zero-order valence-corrected chi connectivity index (χ0v) is 19.9. The largest absolute Gasteiger partial charge is 0.416 e. The number of carbonyl (C=O) groups excluding carboxylic acids is 1. The van der Waals surface area contributed by atoms with E-state index in [0.29, 0.717) is 6.07 Å². The molecule has 1 aromatic heterocycles. The van der Waals surface area contributed by atoms with Gasteiger partial charge in [0.1, 0.15) is 12.1 Å². The van der Waals surface area contributed by atoms with Crippen molar-refractivity contribution in [3.8, 4) is 0 Å². The highest BCUT2D eigenvalue weighted by Crippen LogP contribution is 2.37. The summed E-state index contributed by atoms with van der Waals surface area (Å²) in [4.78, 5) is 21.4. The molecule has 0 saturated carbocycles. The standard InChI is InChI=1S/C23H25F7N6O2.CH4/c24-16-7-13(23(28,29)30)1-2-15(16)17-10-38-6-5-36(17)21-19(25)20(33-12-34-21)32-8-14-3-4-35(9-18(31)37)11-22(14,26)27;/h1-2,7,12,14,17H,3-6,8-11H2,(H2,31,37)(H,32,33,34);1H4/t14-,17+;/m0./s1. The third kappa shape index (κ3) is 6.87. The van der Waals surface area contributed by atoms with E-state index in [1.807, 2.05) is 0 Å². The van der Waals surface area contributed by atoms with Crippen LogP contribution in [0.15, 0.2) is 24.5 Å². The molecular weight excluding hydrogens is 537 g/mol. The highest BCUT2D eigenvalue weighted by molar-refractivity contribution is 5.75. The van der Waals surface area contributed by atoms with Crippen molar-refractivity contribution in [2.24, 2.45) is 11.7 Å². The Balaban J connectivity index is 0.00000420. The molecule has 2 aliphatic rings. The van der Waals surface area contributed by atoms with Crippen molar-refractivity contribution in [3.05, 3.63) is 47.3 Å². The zero-order chi connectivity index (χ0) is 27.7. The molecule has 8 nitrogen and oxygen atoms in total. The summed E-state index contributed by atoms with van der Waals surface area (Å²) in [6, 6.07) is 1.06. The number of hydrogen-bond acceptors (Lipinski definition) is 7. The van der Waals surface area contributed by atoms with Crippen LogP contribution in [0.1, 0.15) is 31.0 Å². The van der Waals surface area contributed by atoms with Crippen LogP contribution < -0.4 is 16.0 Å². The molecule has 1 amide bonds. The van der Waals surface area contributed by atoms with E-state index in [2.05, 4.69) is 15.3 Å². The summed E-state index contributed by atoms with van der Waals surface area (Å²) in [7, 11) is 0. The minimum Gasteiger partial charge on any atom is -0.377 e. The second kappa shape index (κ2) is 11.9. The maximum Gasteiger partial charge on any atom is 0.416 e. The summed E-state index contributed by atoms with van der Waals surface area (Å²) in [5.74, 6) is -7.84. The Morgan fingerprint density at radius 2 is 1.95 bits per heavy atom. The van der Waals surface area contributed by atoms with E-state index in [1.54, 1.807) is 0 Å². The van der Waals surface area contributed by atoms with Crippen molar-refractivity contribution in [2.75, 3.05) is 56.2 Å². The smallest absolute Gasteiger partial charge is 0.377 e. The summed E-state index contributed by atoms with van der Waals surface area (Å²) in [5.41, 5.74) is 3.77. The predicted molar refractivity (Wildman–Crippen MR) is 128 cm³/mol. The lowest BCUT2D eigenvalue weighted by atomic mass is 9.92. The molecule has 3 heterocycles. The first kappa shape index (κ1) is 30.3. The molecule has 15 heteroatoms. The maximum absolute atomic E-state index is 15.5. The molecular formula is C24H29F7N6O2. The Morgan fingerprint density at radius 3 is 2.59 bits per heavy atom. The van der Waals surface area contributed by atoms with Gasteiger partial charge in [-0.2, -0.15) is 17.6 Å². The summed E-state index contributed by atoms with van der Waals surface area (Å²) >= 11 is 0. The number of anilines is 2. The lowest BCUT2D eigenvalue weighted by molar-refractivity contribution is -0.137. The van der Waals surface area contributed by atoms with Gasteiger partial charge in [0.2, 0.25) is 11.7 Å². The first-order valence-electron chi connectivity index (χ1n) is 11.7. The number of ether oxygens (including phenoxy) is 1. The number of nitrogens with one attached hydrogen (secondary N) is 1. The van der Waals surface area contributed by atoms with Crippen LogP contribution in [0, 0.1) is 17.6 Å². The second-order valence-electron chi connectivity index (χ2n) is 9.18. The molecule has 1 aromatic carbocycles. The van der Waals surface area contributed by atoms with Crippen LogP contribution in [0.25, 0.3) is 0 Å². The van der Waals surface area contributed by atoms with Crippen molar-refractivity contribution < 1.29 is 40.3 Å². The number of piperidine rings is 1. The lowest BCUT2D eigenvalue weighted by Gasteiger charge is -2.38. The van der Waals surface area contributed by atoms with Gasteiger partial charge in [-0.3, -0.25) is 9.69 Å². The van der Waals surface area contributed by atoms with E-state index in [9.17, 15) is 31.1 Å². The fourth-order valence-corrected chi connectivity index (χ4v) is 4.66. The molecule has 0 unspecified atom stereocenters. The molecule has 2 aliphatic heterocycles. The van der Waals surface area contributed by atoms with Gasteiger partial charge in [0.05, 0.1) is 37.9 Å². The van der Waals surface area contributed by atoms with Crippen molar-refractivity contribution in [2.45, 2.75) is 32.0 Å². The normalized spacial score (nSPS) is 21.8. The number of benzene rings is 1. The maximum atomic E-state index is 15.5.